The molecular weight excluding hydrogens is 250 g/mol. The lowest BCUT2D eigenvalue weighted by Crippen LogP contribution is -2.26. The maximum Gasteiger partial charge on any atom is 0.354 e. The van der Waals surface area contributed by atoms with Gasteiger partial charge in [0.2, 0.25) is 0 Å². The first kappa shape index (κ1) is 15.2. The number of unbranched alkanes of at least 4 members (excludes halogenated alkanes) is 1. The zero-order chi connectivity index (χ0) is 14.3. The second-order valence-corrected chi connectivity index (χ2v) is 4.31. The van der Waals surface area contributed by atoms with Crippen molar-refractivity contribution < 1.29 is 19.4 Å². The lowest BCUT2D eigenvalue weighted by atomic mass is 10.3. The second-order valence-electron chi connectivity index (χ2n) is 4.31. The van der Waals surface area contributed by atoms with Crippen LogP contribution >= 0.6 is 0 Å². The lowest BCUT2D eigenvalue weighted by molar-refractivity contribution is 0.0685. The minimum absolute atomic E-state index is 0.0917. The summed E-state index contributed by atoms with van der Waals surface area (Å²) in [5.41, 5.74) is -0.286. The number of nitrogens with one attached hydrogen (secondary N) is 2. The molecule has 1 aromatic rings. The molecule has 0 saturated carbocycles. The van der Waals surface area contributed by atoms with Crippen LogP contribution in [0, 0.1) is 0 Å². The van der Waals surface area contributed by atoms with Crippen molar-refractivity contribution >= 4 is 11.9 Å². The molecule has 3 N–H and O–H groups in total. The summed E-state index contributed by atoms with van der Waals surface area (Å²) in [6.45, 7) is 5.04. The van der Waals surface area contributed by atoms with E-state index in [0.29, 0.717) is 13.2 Å². The summed E-state index contributed by atoms with van der Waals surface area (Å²) in [6.07, 6.45) is 3.00. The minimum Gasteiger partial charge on any atom is -0.477 e. The summed E-state index contributed by atoms with van der Waals surface area (Å²) in [5.74, 6) is -1.68. The third-order valence-electron chi connectivity index (χ3n) is 2.38. The number of imidazole rings is 1. The molecule has 0 radical (unpaired) electrons. The van der Waals surface area contributed by atoms with Gasteiger partial charge in [0.05, 0.1) is 12.4 Å². The molecular formula is C12H19N3O4. The molecule has 0 fully saturated rings. The van der Waals surface area contributed by atoms with Crippen molar-refractivity contribution in [3.63, 3.8) is 0 Å². The zero-order valence-corrected chi connectivity index (χ0v) is 11.1. The number of hydrogen-bond acceptors (Lipinski definition) is 4. The Hall–Kier alpha value is -1.89. The van der Waals surface area contributed by atoms with Crippen molar-refractivity contribution in [3.8, 4) is 0 Å². The van der Waals surface area contributed by atoms with E-state index in [0.717, 1.165) is 12.8 Å². The number of ether oxygens (including phenoxy) is 1. The number of carbonyl (C=O) groups excluding carboxylic acids is 1. The Kier molecular flexibility index (Phi) is 6.01. The Balaban J connectivity index is 2.28. The van der Waals surface area contributed by atoms with Crippen LogP contribution in [0.1, 0.15) is 47.7 Å². The van der Waals surface area contributed by atoms with Crippen LogP contribution < -0.4 is 5.32 Å². The molecule has 106 valence electrons. The predicted molar refractivity (Wildman–Crippen MR) is 68.2 cm³/mol. The van der Waals surface area contributed by atoms with Crippen molar-refractivity contribution in [2.75, 3.05) is 13.2 Å². The number of carboxylic acids is 1. The summed E-state index contributed by atoms with van der Waals surface area (Å²) in [4.78, 5) is 28.6. The highest BCUT2D eigenvalue weighted by Gasteiger charge is 2.18. The molecule has 0 aliphatic carbocycles. The van der Waals surface area contributed by atoms with Crippen molar-refractivity contribution in [2.45, 2.75) is 32.8 Å². The van der Waals surface area contributed by atoms with Crippen molar-refractivity contribution in [2.24, 2.45) is 0 Å². The number of aromatic carboxylic acids is 1. The van der Waals surface area contributed by atoms with Crippen LogP contribution in [0.15, 0.2) is 6.33 Å². The van der Waals surface area contributed by atoms with Gasteiger partial charge in [0.15, 0.2) is 11.4 Å². The summed E-state index contributed by atoms with van der Waals surface area (Å²) in [5, 5.41) is 11.5. The van der Waals surface area contributed by atoms with Gasteiger partial charge in [0.25, 0.3) is 5.91 Å². The van der Waals surface area contributed by atoms with Crippen LogP contribution in [0.2, 0.25) is 0 Å². The largest absolute Gasteiger partial charge is 0.477 e. The number of carboxylic acid groups (broad SMARTS) is 1. The normalized spacial score (nSPS) is 10.7. The average Bonchev–Trinajstić information content (AvgIpc) is 2.82. The minimum atomic E-state index is -1.20. The first-order chi connectivity index (χ1) is 9.02. The number of nitrogens with zero attached hydrogens (tertiary/aromatic N) is 1. The highest BCUT2D eigenvalue weighted by atomic mass is 16.5. The van der Waals surface area contributed by atoms with E-state index in [2.05, 4.69) is 15.3 Å². The van der Waals surface area contributed by atoms with E-state index in [9.17, 15) is 9.59 Å². The van der Waals surface area contributed by atoms with Crippen LogP contribution in [0.3, 0.4) is 0 Å². The number of hydrogen-bond donors (Lipinski definition) is 3. The monoisotopic (exact) mass is 269 g/mol. The molecule has 0 aromatic carbocycles. The van der Waals surface area contributed by atoms with Gasteiger partial charge in [0, 0.05) is 13.2 Å². The Morgan fingerprint density at radius 3 is 2.84 bits per heavy atom. The van der Waals surface area contributed by atoms with Gasteiger partial charge >= 0.3 is 5.97 Å². The van der Waals surface area contributed by atoms with E-state index in [1.165, 1.54) is 6.33 Å². The summed E-state index contributed by atoms with van der Waals surface area (Å²) < 4.78 is 5.36. The quantitative estimate of drug-likeness (QED) is 0.612. The van der Waals surface area contributed by atoms with Crippen molar-refractivity contribution in [3.05, 3.63) is 17.7 Å². The zero-order valence-electron chi connectivity index (χ0n) is 11.1. The van der Waals surface area contributed by atoms with Crippen molar-refractivity contribution in [1.29, 1.82) is 0 Å². The molecule has 0 aliphatic rings. The van der Waals surface area contributed by atoms with Gasteiger partial charge in [-0.05, 0) is 26.7 Å². The molecule has 0 aliphatic heterocycles. The third-order valence-corrected chi connectivity index (χ3v) is 2.38. The van der Waals surface area contributed by atoms with Gasteiger partial charge < -0.3 is 20.1 Å². The molecule has 0 saturated heterocycles. The Bertz CT molecular complexity index is 428. The fraction of sp³-hybridized carbons (Fsp3) is 0.583. The average molecular weight is 269 g/mol. The van der Waals surface area contributed by atoms with Crippen LogP contribution in [-0.4, -0.2) is 46.2 Å². The number of H-pyrrole nitrogens is 1. The molecule has 19 heavy (non-hydrogen) atoms. The fourth-order valence-electron chi connectivity index (χ4n) is 1.46. The summed E-state index contributed by atoms with van der Waals surface area (Å²) >= 11 is 0. The Morgan fingerprint density at radius 1 is 1.47 bits per heavy atom. The third kappa shape index (κ3) is 5.09. The molecule has 0 unspecified atom stereocenters. The van der Waals surface area contributed by atoms with Gasteiger partial charge in [-0.3, -0.25) is 4.79 Å². The lowest BCUT2D eigenvalue weighted by Gasteiger charge is -2.07. The number of rotatable bonds is 8. The van der Waals surface area contributed by atoms with E-state index in [-0.39, 0.29) is 17.5 Å². The molecule has 0 spiro atoms. The molecule has 1 rings (SSSR count). The molecule has 0 atom stereocenters. The van der Waals surface area contributed by atoms with Crippen LogP contribution in [0.25, 0.3) is 0 Å². The smallest absolute Gasteiger partial charge is 0.354 e. The molecule has 7 nitrogen and oxygen atoms in total. The number of amides is 1. The van der Waals surface area contributed by atoms with E-state index in [1.807, 2.05) is 13.8 Å². The Morgan fingerprint density at radius 2 is 2.21 bits per heavy atom. The van der Waals surface area contributed by atoms with E-state index < -0.39 is 11.9 Å². The number of carbonyl (C=O) groups is 2. The highest BCUT2D eigenvalue weighted by Crippen LogP contribution is 2.02. The van der Waals surface area contributed by atoms with Crippen LogP contribution in [0.5, 0.6) is 0 Å². The topological polar surface area (TPSA) is 104 Å². The molecule has 1 heterocycles. The SMILES string of the molecule is CC(C)OCCCCNC(=O)c1nc[nH]c1C(=O)O. The van der Waals surface area contributed by atoms with Gasteiger partial charge in [-0.15, -0.1) is 0 Å². The van der Waals surface area contributed by atoms with E-state index in [1.54, 1.807) is 0 Å². The van der Waals surface area contributed by atoms with Gasteiger partial charge in [-0.25, -0.2) is 9.78 Å². The summed E-state index contributed by atoms with van der Waals surface area (Å²) in [7, 11) is 0. The van der Waals surface area contributed by atoms with E-state index >= 15 is 0 Å². The number of aromatic amines is 1. The first-order valence-corrected chi connectivity index (χ1v) is 6.18. The number of aromatic nitrogens is 2. The van der Waals surface area contributed by atoms with Crippen LogP contribution in [0.4, 0.5) is 0 Å². The van der Waals surface area contributed by atoms with Gasteiger partial charge in [-0.2, -0.15) is 0 Å². The first-order valence-electron chi connectivity index (χ1n) is 6.18. The molecule has 1 amide bonds. The van der Waals surface area contributed by atoms with Gasteiger partial charge in [0.1, 0.15) is 0 Å². The molecule has 7 heteroatoms. The Labute approximate surface area is 111 Å². The highest BCUT2D eigenvalue weighted by molar-refractivity contribution is 6.02. The standard InChI is InChI=1S/C12H19N3O4/c1-8(2)19-6-4-3-5-13-11(16)9-10(12(17)18)15-7-14-9/h7-8H,3-6H2,1-2H3,(H,13,16)(H,14,15)(H,17,18). The van der Waals surface area contributed by atoms with E-state index in [4.69, 9.17) is 9.84 Å². The van der Waals surface area contributed by atoms with Crippen LogP contribution in [-0.2, 0) is 4.74 Å². The molecule has 1 aromatic heterocycles. The maximum absolute atomic E-state index is 11.7. The molecule has 0 bridgehead atoms. The van der Waals surface area contributed by atoms with Gasteiger partial charge in [-0.1, -0.05) is 0 Å². The maximum atomic E-state index is 11.7. The fourth-order valence-corrected chi connectivity index (χ4v) is 1.46. The van der Waals surface area contributed by atoms with Crippen molar-refractivity contribution in [1.82, 2.24) is 15.3 Å². The second kappa shape index (κ2) is 7.52. The summed E-state index contributed by atoms with van der Waals surface area (Å²) in [6, 6.07) is 0. The predicted octanol–water partition coefficient (Wildman–Crippen LogP) is 1.04.